The lowest BCUT2D eigenvalue weighted by atomic mass is 10.3. The number of hydrogen-bond donors (Lipinski definition) is 1. The van der Waals surface area contributed by atoms with Gasteiger partial charge in [-0.05, 0) is 35.7 Å². The van der Waals surface area contributed by atoms with Crippen LogP contribution in [0.4, 0.5) is 20.3 Å². The van der Waals surface area contributed by atoms with Crippen LogP contribution in [0.25, 0.3) is 10.2 Å². The number of nitrogens with zero attached hydrogens (tertiary/aromatic N) is 2. The number of nitrogens with one attached hydrogen (secondary N) is 1. The van der Waals surface area contributed by atoms with Gasteiger partial charge in [0.1, 0.15) is 22.7 Å². The second-order valence-electron chi connectivity index (χ2n) is 3.89. The number of thiophene rings is 1. The summed E-state index contributed by atoms with van der Waals surface area (Å²) in [5, 5.41) is 5.98. The Morgan fingerprint density at radius 2 is 1.90 bits per heavy atom. The number of halogens is 2. The van der Waals surface area contributed by atoms with Crippen molar-refractivity contribution in [3.8, 4) is 5.75 Å². The number of alkyl halides is 2. The molecule has 0 spiro atoms. The van der Waals surface area contributed by atoms with Crippen molar-refractivity contribution in [2.75, 3.05) is 5.32 Å². The lowest BCUT2D eigenvalue weighted by Gasteiger charge is -2.08. The van der Waals surface area contributed by atoms with E-state index in [0.717, 1.165) is 15.9 Å². The molecule has 0 unspecified atom stereocenters. The van der Waals surface area contributed by atoms with Gasteiger partial charge in [-0.2, -0.15) is 8.78 Å². The van der Waals surface area contributed by atoms with E-state index in [1.165, 1.54) is 29.8 Å². The van der Waals surface area contributed by atoms with Crippen LogP contribution >= 0.6 is 11.3 Å². The van der Waals surface area contributed by atoms with Crippen molar-refractivity contribution >= 4 is 33.1 Å². The molecule has 0 bridgehead atoms. The summed E-state index contributed by atoms with van der Waals surface area (Å²) < 4.78 is 28.4. The normalized spacial score (nSPS) is 10.9. The van der Waals surface area contributed by atoms with Gasteiger partial charge in [-0.1, -0.05) is 0 Å². The maximum atomic E-state index is 12.1. The summed E-state index contributed by atoms with van der Waals surface area (Å²) in [5.74, 6) is 0.799. The van der Waals surface area contributed by atoms with Crippen LogP contribution in [0.1, 0.15) is 0 Å². The fourth-order valence-electron chi connectivity index (χ4n) is 1.75. The van der Waals surface area contributed by atoms with Crippen LogP contribution in [0, 0.1) is 0 Å². The van der Waals surface area contributed by atoms with Crippen LogP contribution < -0.4 is 10.1 Å². The van der Waals surface area contributed by atoms with Gasteiger partial charge in [0.25, 0.3) is 0 Å². The van der Waals surface area contributed by atoms with Crippen molar-refractivity contribution in [3.63, 3.8) is 0 Å². The molecule has 4 nitrogen and oxygen atoms in total. The predicted octanol–water partition coefficient (Wildman–Crippen LogP) is 4.04. The molecule has 0 atom stereocenters. The van der Waals surface area contributed by atoms with Gasteiger partial charge in [0, 0.05) is 5.69 Å². The molecule has 7 heteroatoms. The van der Waals surface area contributed by atoms with Gasteiger partial charge in [-0.25, -0.2) is 9.97 Å². The first-order valence-electron chi connectivity index (χ1n) is 5.72. The molecule has 0 saturated heterocycles. The van der Waals surface area contributed by atoms with Crippen LogP contribution in [-0.2, 0) is 0 Å². The van der Waals surface area contributed by atoms with Crippen molar-refractivity contribution in [1.82, 2.24) is 9.97 Å². The third kappa shape index (κ3) is 2.67. The molecule has 0 aliphatic carbocycles. The Morgan fingerprint density at radius 1 is 1.10 bits per heavy atom. The fraction of sp³-hybridized carbons (Fsp3) is 0.0769. The predicted molar refractivity (Wildman–Crippen MR) is 73.8 cm³/mol. The number of aromatic nitrogens is 2. The number of fused-ring (bicyclic) bond motifs is 1. The molecule has 0 aliphatic rings. The summed E-state index contributed by atoms with van der Waals surface area (Å²) in [4.78, 5) is 9.22. The first-order chi connectivity index (χ1) is 9.72. The number of ether oxygens (including phenoxy) is 1. The van der Waals surface area contributed by atoms with E-state index in [4.69, 9.17) is 0 Å². The van der Waals surface area contributed by atoms with E-state index in [1.54, 1.807) is 12.1 Å². The van der Waals surface area contributed by atoms with E-state index in [2.05, 4.69) is 20.0 Å². The summed E-state index contributed by atoms with van der Waals surface area (Å²) in [6.45, 7) is -2.82. The highest BCUT2D eigenvalue weighted by Gasteiger charge is 2.06. The van der Waals surface area contributed by atoms with Crippen molar-refractivity contribution in [2.24, 2.45) is 0 Å². The molecule has 102 valence electrons. The first kappa shape index (κ1) is 12.7. The molecule has 1 N–H and O–H groups in total. The lowest BCUT2D eigenvalue weighted by Crippen LogP contribution is -2.01. The fourth-order valence-corrected chi connectivity index (χ4v) is 2.48. The van der Waals surface area contributed by atoms with Crippen molar-refractivity contribution < 1.29 is 13.5 Å². The average Bonchev–Trinajstić information content (AvgIpc) is 2.90. The number of rotatable bonds is 4. The number of hydrogen-bond acceptors (Lipinski definition) is 5. The SMILES string of the molecule is FC(F)Oc1ccc(Nc2ncnc3sccc23)cc1. The molecule has 0 amide bonds. The highest BCUT2D eigenvalue weighted by Crippen LogP contribution is 2.27. The highest BCUT2D eigenvalue weighted by atomic mass is 32.1. The molecule has 0 radical (unpaired) electrons. The molecule has 3 aromatic rings. The van der Waals surface area contributed by atoms with Crippen LogP contribution in [0.15, 0.2) is 42.0 Å². The Kier molecular flexibility index (Phi) is 3.42. The van der Waals surface area contributed by atoms with E-state index < -0.39 is 6.61 Å². The number of anilines is 2. The maximum absolute atomic E-state index is 12.1. The minimum atomic E-state index is -2.82. The summed E-state index contributed by atoms with van der Waals surface area (Å²) in [6, 6.07) is 8.17. The molecule has 0 saturated carbocycles. The summed E-state index contributed by atoms with van der Waals surface area (Å²) >= 11 is 1.53. The zero-order valence-corrected chi connectivity index (χ0v) is 10.9. The quantitative estimate of drug-likeness (QED) is 0.788. The first-order valence-corrected chi connectivity index (χ1v) is 6.60. The third-order valence-corrected chi connectivity index (χ3v) is 3.42. The van der Waals surface area contributed by atoms with Crippen LogP contribution in [0.5, 0.6) is 5.75 Å². The largest absolute Gasteiger partial charge is 0.435 e. The van der Waals surface area contributed by atoms with Gasteiger partial charge in [0.05, 0.1) is 5.39 Å². The second kappa shape index (κ2) is 5.38. The molecule has 0 aliphatic heterocycles. The van der Waals surface area contributed by atoms with Crippen LogP contribution in [0.2, 0.25) is 0 Å². The Hall–Kier alpha value is -2.28. The van der Waals surface area contributed by atoms with E-state index >= 15 is 0 Å². The molecular formula is C13H9F2N3OS. The van der Waals surface area contributed by atoms with Crippen molar-refractivity contribution in [3.05, 3.63) is 42.0 Å². The average molecular weight is 293 g/mol. The minimum Gasteiger partial charge on any atom is -0.435 e. The summed E-state index contributed by atoms with van der Waals surface area (Å²) in [5.41, 5.74) is 0.734. The minimum absolute atomic E-state index is 0.119. The molecule has 2 heterocycles. The van der Waals surface area contributed by atoms with Gasteiger partial charge in [-0.15, -0.1) is 11.3 Å². The maximum Gasteiger partial charge on any atom is 0.387 e. The molecule has 1 aromatic carbocycles. The van der Waals surface area contributed by atoms with E-state index in [1.807, 2.05) is 11.4 Å². The zero-order valence-electron chi connectivity index (χ0n) is 10.1. The van der Waals surface area contributed by atoms with Crippen molar-refractivity contribution in [2.45, 2.75) is 6.61 Å². The Bertz CT molecular complexity index is 715. The van der Waals surface area contributed by atoms with Crippen LogP contribution in [0.3, 0.4) is 0 Å². The molecule has 20 heavy (non-hydrogen) atoms. The van der Waals surface area contributed by atoms with Gasteiger partial charge in [-0.3, -0.25) is 0 Å². The van der Waals surface area contributed by atoms with E-state index in [-0.39, 0.29) is 5.75 Å². The Morgan fingerprint density at radius 3 is 2.65 bits per heavy atom. The molecule has 2 aromatic heterocycles. The summed E-state index contributed by atoms with van der Waals surface area (Å²) in [7, 11) is 0. The third-order valence-electron chi connectivity index (χ3n) is 2.60. The highest BCUT2D eigenvalue weighted by molar-refractivity contribution is 7.16. The topological polar surface area (TPSA) is 47.0 Å². The second-order valence-corrected chi connectivity index (χ2v) is 4.78. The van der Waals surface area contributed by atoms with Crippen molar-refractivity contribution in [1.29, 1.82) is 0 Å². The Labute approximate surface area is 117 Å². The monoisotopic (exact) mass is 293 g/mol. The lowest BCUT2D eigenvalue weighted by molar-refractivity contribution is -0.0498. The van der Waals surface area contributed by atoms with E-state index in [9.17, 15) is 8.78 Å². The summed E-state index contributed by atoms with van der Waals surface area (Å²) in [6.07, 6.45) is 1.48. The van der Waals surface area contributed by atoms with E-state index in [0.29, 0.717) is 5.82 Å². The smallest absolute Gasteiger partial charge is 0.387 e. The zero-order chi connectivity index (χ0) is 13.9. The van der Waals surface area contributed by atoms with Crippen LogP contribution in [-0.4, -0.2) is 16.6 Å². The number of benzene rings is 1. The Balaban J connectivity index is 1.82. The molecular weight excluding hydrogens is 284 g/mol. The molecule has 0 fully saturated rings. The standard InChI is InChI=1S/C13H9F2N3OS/c14-13(15)19-9-3-1-8(2-4-9)18-11-10-5-6-20-12(10)17-7-16-11/h1-7,13H,(H,16,17,18). The van der Waals surface area contributed by atoms with Gasteiger partial charge < -0.3 is 10.1 Å². The van der Waals surface area contributed by atoms with Gasteiger partial charge in [0.15, 0.2) is 0 Å². The molecule has 3 rings (SSSR count). The van der Waals surface area contributed by atoms with Gasteiger partial charge >= 0.3 is 6.61 Å². The van der Waals surface area contributed by atoms with Gasteiger partial charge in [0.2, 0.25) is 0 Å².